The first-order valence-electron chi connectivity index (χ1n) is 11.7. The SMILES string of the molecule is CCNC(=NCc1ccc(CN2CCCN(C)CC2)cc1)N(C)CC(=O)N(CC)CC. The lowest BCUT2D eigenvalue weighted by molar-refractivity contribution is -0.131. The van der Waals surface area contributed by atoms with Gasteiger partial charge in [0, 0.05) is 46.3 Å². The zero-order valence-corrected chi connectivity index (χ0v) is 20.2. The Bertz CT molecular complexity index is 686. The highest BCUT2D eigenvalue weighted by atomic mass is 16.2. The molecule has 1 aromatic rings. The Kier molecular flexibility index (Phi) is 10.8. The molecule has 1 heterocycles. The van der Waals surface area contributed by atoms with Crippen LogP contribution in [0.4, 0.5) is 0 Å². The predicted octanol–water partition coefficient (Wildman–Crippen LogP) is 2.09. The van der Waals surface area contributed by atoms with Gasteiger partial charge in [0.25, 0.3) is 0 Å². The first kappa shape index (κ1) is 25.1. The third-order valence-corrected chi connectivity index (χ3v) is 5.84. The van der Waals surface area contributed by atoms with Gasteiger partial charge in [0.1, 0.15) is 0 Å². The maximum Gasteiger partial charge on any atom is 0.242 e. The summed E-state index contributed by atoms with van der Waals surface area (Å²) in [5.41, 5.74) is 2.53. The van der Waals surface area contributed by atoms with E-state index in [2.05, 4.69) is 46.4 Å². The second kappa shape index (κ2) is 13.3. The molecule has 0 unspecified atom stereocenters. The lowest BCUT2D eigenvalue weighted by Gasteiger charge is -2.25. The van der Waals surface area contributed by atoms with Gasteiger partial charge in [0.2, 0.25) is 5.91 Å². The third kappa shape index (κ3) is 8.50. The van der Waals surface area contributed by atoms with E-state index >= 15 is 0 Å². The molecule has 0 saturated carbocycles. The second-order valence-corrected chi connectivity index (χ2v) is 8.34. The van der Waals surface area contributed by atoms with Gasteiger partial charge in [0.15, 0.2) is 5.96 Å². The number of carbonyl (C=O) groups excluding carboxylic acids is 1. The van der Waals surface area contributed by atoms with E-state index < -0.39 is 0 Å². The molecule has 174 valence electrons. The first-order valence-corrected chi connectivity index (χ1v) is 11.7. The molecule has 1 aliphatic rings. The van der Waals surface area contributed by atoms with Gasteiger partial charge < -0.3 is 20.0 Å². The summed E-state index contributed by atoms with van der Waals surface area (Å²) in [4.78, 5) is 25.9. The van der Waals surface area contributed by atoms with Gasteiger partial charge in [-0.1, -0.05) is 24.3 Å². The number of nitrogens with one attached hydrogen (secondary N) is 1. The normalized spacial score (nSPS) is 16.1. The molecule has 1 N–H and O–H groups in total. The van der Waals surface area contributed by atoms with E-state index in [1.54, 1.807) is 0 Å². The Hall–Kier alpha value is -2.12. The quantitative estimate of drug-likeness (QED) is 0.480. The van der Waals surface area contributed by atoms with Crippen molar-refractivity contribution >= 4 is 11.9 Å². The predicted molar refractivity (Wildman–Crippen MR) is 129 cm³/mol. The largest absolute Gasteiger partial charge is 0.357 e. The summed E-state index contributed by atoms with van der Waals surface area (Å²) in [5.74, 6) is 0.892. The molecular formula is C24H42N6O. The molecule has 1 aromatic carbocycles. The van der Waals surface area contributed by atoms with Crippen LogP contribution in [0.25, 0.3) is 0 Å². The topological polar surface area (TPSA) is 54.4 Å². The standard InChI is InChI=1S/C24H42N6O/c1-6-25-24(28(5)20-23(31)30(7-2)8-3)26-18-21-10-12-22(13-11-21)19-29-15-9-14-27(4)16-17-29/h10-13H,6-9,14-20H2,1-5H3,(H,25,26). The number of rotatable bonds is 9. The van der Waals surface area contributed by atoms with Crippen molar-refractivity contribution < 1.29 is 4.79 Å². The molecule has 31 heavy (non-hydrogen) atoms. The Morgan fingerprint density at radius 1 is 1.03 bits per heavy atom. The van der Waals surface area contributed by atoms with Crippen LogP contribution in [0.5, 0.6) is 0 Å². The molecule has 0 aromatic heterocycles. The Morgan fingerprint density at radius 2 is 1.71 bits per heavy atom. The van der Waals surface area contributed by atoms with E-state index in [1.807, 2.05) is 37.6 Å². The van der Waals surface area contributed by atoms with Gasteiger partial charge in [-0.25, -0.2) is 4.99 Å². The van der Waals surface area contributed by atoms with Gasteiger partial charge in [-0.3, -0.25) is 9.69 Å². The molecule has 7 nitrogen and oxygen atoms in total. The van der Waals surface area contributed by atoms with Crippen molar-refractivity contribution in [2.45, 2.75) is 40.3 Å². The number of likely N-dealkylation sites (N-methyl/N-ethyl adjacent to an activating group) is 3. The lowest BCUT2D eigenvalue weighted by Crippen LogP contribution is -2.45. The van der Waals surface area contributed by atoms with Crippen LogP contribution < -0.4 is 5.32 Å². The molecule has 7 heteroatoms. The molecule has 0 atom stereocenters. The van der Waals surface area contributed by atoms with Gasteiger partial charge in [-0.2, -0.15) is 0 Å². The highest BCUT2D eigenvalue weighted by Gasteiger charge is 2.15. The summed E-state index contributed by atoms with van der Waals surface area (Å²) < 4.78 is 0. The molecule has 0 aliphatic carbocycles. The molecular weight excluding hydrogens is 388 g/mol. The summed E-state index contributed by atoms with van der Waals surface area (Å²) in [5, 5.41) is 3.30. The maximum atomic E-state index is 12.4. The summed E-state index contributed by atoms with van der Waals surface area (Å²) in [6.07, 6.45) is 1.24. The van der Waals surface area contributed by atoms with Crippen LogP contribution in [-0.2, 0) is 17.9 Å². The fraction of sp³-hybridized carbons (Fsp3) is 0.667. The molecule has 1 aliphatic heterocycles. The van der Waals surface area contributed by atoms with Crippen LogP contribution in [-0.4, -0.2) is 97.9 Å². The van der Waals surface area contributed by atoms with Gasteiger partial charge in [-0.05, 0) is 58.5 Å². The molecule has 1 saturated heterocycles. The molecule has 2 rings (SSSR count). The lowest BCUT2D eigenvalue weighted by atomic mass is 10.1. The number of amides is 1. The van der Waals surface area contributed by atoms with Gasteiger partial charge >= 0.3 is 0 Å². The minimum absolute atomic E-state index is 0.127. The second-order valence-electron chi connectivity index (χ2n) is 8.34. The third-order valence-electron chi connectivity index (χ3n) is 5.84. The van der Waals surface area contributed by atoms with Crippen LogP contribution in [0, 0.1) is 0 Å². The Balaban J connectivity index is 1.93. The summed E-state index contributed by atoms with van der Waals surface area (Å²) >= 11 is 0. The average Bonchev–Trinajstić information content (AvgIpc) is 2.97. The number of carbonyl (C=O) groups is 1. The zero-order valence-electron chi connectivity index (χ0n) is 20.2. The summed E-state index contributed by atoms with van der Waals surface area (Å²) in [7, 11) is 4.13. The number of hydrogen-bond donors (Lipinski definition) is 1. The first-order chi connectivity index (χ1) is 15.0. The number of aliphatic imine (C=N–C) groups is 1. The molecule has 0 radical (unpaired) electrons. The van der Waals surface area contributed by atoms with Crippen molar-refractivity contribution in [1.82, 2.24) is 24.9 Å². The van der Waals surface area contributed by atoms with E-state index in [0.717, 1.165) is 45.2 Å². The van der Waals surface area contributed by atoms with E-state index in [-0.39, 0.29) is 5.91 Å². The minimum Gasteiger partial charge on any atom is -0.357 e. The molecule has 1 amide bonds. The zero-order chi connectivity index (χ0) is 22.6. The summed E-state index contributed by atoms with van der Waals surface area (Å²) in [6.45, 7) is 14.9. The average molecular weight is 431 g/mol. The van der Waals surface area contributed by atoms with Crippen LogP contribution in [0.2, 0.25) is 0 Å². The van der Waals surface area contributed by atoms with E-state index in [1.165, 1.54) is 30.6 Å². The van der Waals surface area contributed by atoms with Crippen LogP contribution >= 0.6 is 0 Å². The van der Waals surface area contributed by atoms with Crippen LogP contribution in [0.1, 0.15) is 38.3 Å². The van der Waals surface area contributed by atoms with Gasteiger partial charge in [-0.15, -0.1) is 0 Å². The molecule has 0 bridgehead atoms. The van der Waals surface area contributed by atoms with Crippen molar-refractivity contribution in [3.63, 3.8) is 0 Å². The van der Waals surface area contributed by atoms with Crippen molar-refractivity contribution in [3.8, 4) is 0 Å². The van der Waals surface area contributed by atoms with Crippen molar-refractivity contribution in [1.29, 1.82) is 0 Å². The fourth-order valence-corrected chi connectivity index (χ4v) is 3.86. The maximum absolute atomic E-state index is 12.4. The molecule has 1 fully saturated rings. The Labute approximate surface area is 189 Å². The highest BCUT2D eigenvalue weighted by molar-refractivity contribution is 5.86. The smallest absolute Gasteiger partial charge is 0.242 e. The number of guanidine groups is 1. The van der Waals surface area contributed by atoms with Gasteiger partial charge in [0.05, 0.1) is 13.1 Å². The van der Waals surface area contributed by atoms with Crippen molar-refractivity contribution in [2.24, 2.45) is 4.99 Å². The van der Waals surface area contributed by atoms with E-state index in [9.17, 15) is 4.79 Å². The number of benzene rings is 1. The van der Waals surface area contributed by atoms with Crippen LogP contribution in [0.3, 0.4) is 0 Å². The van der Waals surface area contributed by atoms with Crippen molar-refractivity contribution in [2.75, 3.05) is 66.5 Å². The monoisotopic (exact) mass is 430 g/mol. The highest BCUT2D eigenvalue weighted by Crippen LogP contribution is 2.11. The van der Waals surface area contributed by atoms with E-state index in [0.29, 0.717) is 13.1 Å². The Morgan fingerprint density at radius 3 is 2.35 bits per heavy atom. The van der Waals surface area contributed by atoms with Crippen LogP contribution in [0.15, 0.2) is 29.3 Å². The van der Waals surface area contributed by atoms with Crippen molar-refractivity contribution in [3.05, 3.63) is 35.4 Å². The fourth-order valence-electron chi connectivity index (χ4n) is 3.86. The number of hydrogen-bond acceptors (Lipinski definition) is 4. The summed E-state index contributed by atoms with van der Waals surface area (Å²) in [6, 6.07) is 8.79. The molecule has 0 spiro atoms. The number of nitrogens with zero attached hydrogens (tertiary/aromatic N) is 5. The van der Waals surface area contributed by atoms with E-state index in [4.69, 9.17) is 4.99 Å². The minimum atomic E-state index is 0.127.